The van der Waals surface area contributed by atoms with Crippen LogP contribution < -0.4 is 10.9 Å². The number of hydrogen-bond acceptors (Lipinski definition) is 5. The quantitative estimate of drug-likeness (QED) is 0.483. The Morgan fingerprint density at radius 1 is 1.17 bits per heavy atom. The molecule has 0 unspecified atom stereocenters. The van der Waals surface area contributed by atoms with Crippen molar-refractivity contribution < 1.29 is 4.79 Å². The number of carbonyl (C=O) groups excluding carboxylic acids is 1. The Labute approximate surface area is 178 Å². The van der Waals surface area contributed by atoms with E-state index in [0.717, 1.165) is 17.6 Å². The standard InChI is InChI=1S/C22H25N5O2S/c1-4-12-26-21(29)20-17(11-13-30-20)27-18(24-25-22(26)27)9-10-19(28)23-16-7-5-15(6-8-16)14(2)3/h5-8,11,13-14H,4,9-10,12H2,1-3H3,(H,23,28). The highest BCUT2D eigenvalue weighted by Gasteiger charge is 2.17. The maximum absolute atomic E-state index is 12.8. The van der Waals surface area contributed by atoms with Crippen molar-refractivity contribution in [3.8, 4) is 0 Å². The molecule has 0 saturated heterocycles. The molecule has 0 aliphatic heterocycles. The van der Waals surface area contributed by atoms with E-state index in [1.54, 1.807) is 4.57 Å². The zero-order valence-corrected chi connectivity index (χ0v) is 18.2. The summed E-state index contributed by atoms with van der Waals surface area (Å²) in [5.41, 5.74) is 2.79. The van der Waals surface area contributed by atoms with Gasteiger partial charge in [-0.3, -0.25) is 18.6 Å². The lowest BCUT2D eigenvalue weighted by molar-refractivity contribution is -0.116. The third-order valence-electron chi connectivity index (χ3n) is 5.16. The Hall–Kier alpha value is -3.00. The molecule has 0 spiro atoms. The van der Waals surface area contributed by atoms with Crippen molar-refractivity contribution in [3.05, 3.63) is 57.5 Å². The van der Waals surface area contributed by atoms with Gasteiger partial charge < -0.3 is 5.32 Å². The van der Waals surface area contributed by atoms with Crippen LogP contribution in [0.4, 0.5) is 5.69 Å². The van der Waals surface area contributed by atoms with E-state index in [1.165, 1.54) is 16.9 Å². The fourth-order valence-corrected chi connectivity index (χ4v) is 4.39. The van der Waals surface area contributed by atoms with Gasteiger partial charge in [-0.05, 0) is 41.5 Å². The Morgan fingerprint density at radius 3 is 2.63 bits per heavy atom. The first-order chi connectivity index (χ1) is 14.5. The summed E-state index contributed by atoms with van der Waals surface area (Å²) in [5, 5.41) is 13.4. The number of aryl methyl sites for hydroxylation is 2. The zero-order valence-electron chi connectivity index (χ0n) is 17.4. The molecule has 0 aliphatic carbocycles. The predicted octanol–water partition coefficient (Wildman–Crippen LogP) is 4.21. The highest BCUT2D eigenvalue weighted by Crippen LogP contribution is 2.21. The number of hydrogen-bond donors (Lipinski definition) is 1. The summed E-state index contributed by atoms with van der Waals surface area (Å²) < 4.78 is 4.27. The van der Waals surface area contributed by atoms with Gasteiger partial charge in [-0.1, -0.05) is 32.9 Å². The topological polar surface area (TPSA) is 81.3 Å². The number of amides is 1. The molecular weight excluding hydrogens is 398 g/mol. The summed E-state index contributed by atoms with van der Waals surface area (Å²) in [6.07, 6.45) is 1.55. The first kappa shape index (κ1) is 20.3. The van der Waals surface area contributed by atoms with Crippen LogP contribution in [0, 0.1) is 0 Å². The Bertz CT molecular complexity index is 1250. The van der Waals surface area contributed by atoms with Crippen molar-refractivity contribution >= 4 is 38.9 Å². The molecule has 0 aliphatic rings. The largest absolute Gasteiger partial charge is 0.326 e. The predicted molar refractivity (Wildman–Crippen MR) is 120 cm³/mol. The lowest BCUT2D eigenvalue weighted by Crippen LogP contribution is -2.22. The second kappa shape index (κ2) is 8.39. The van der Waals surface area contributed by atoms with Crippen LogP contribution in [0.15, 0.2) is 40.5 Å². The molecule has 3 aromatic heterocycles. The van der Waals surface area contributed by atoms with Crippen LogP contribution in [-0.4, -0.2) is 25.1 Å². The normalized spacial score (nSPS) is 11.6. The van der Waals surface area contributed by atoms with Crippen molar-refractivity contribution in [1.29, 1.82) is 0 Å². The van der Waals surface area contributed by atoms with E-state index in [9.17, 15) is 9.59 Å². The lowest BCUT2D eigenvalue weighted by Gasteiger charge is -2.09. The number of aromatic nitrogens is 4. The van der Waals surface area contributed by atoms with Crippen LogP contribution in [0.5, 0.6) is 0 Å². The minimum absolute atomic E-state index is 0.0316. The molecule has 0 fully saturated rings. The molecule has 156 valence electrons. The number of fused-ring (bicyclic) bond motifs is 3. The summed E-state index contributed by atoms with van der Waals surface area (Å²) >= 11 is 1.42. The second-order valence-corrected chi connectivity index (χ2v) is 8.58. The molecule has 4 aromatic rings. The maximum atomic E-state index is 12.8. The van der Waals surface area contributed by atoms with Crippen LogP contribution in [0.3, 0.4) is 0 Å². The third-order valence-corrected chi connectivity index (χ3v) is 6.05. The van der Waals surface area contributed by atoms with Gasteiger partial charge in [0.2, 0.25) is 11.7 Å². The number of anilines is 1. The molecule has 0 saturated carbocycles. The number of benzene rings is 1. The number of rotatable bonds is 7. The molecule has 7 nitrogen and oxygen atoms in total. The third kappa shape index (κ3) is 3.75. The molecule has 4 rings (SSSR count). The van der Waals surface area contributed by atoms with E-state index in [-0.39, 0.29) is 17.9 Å². The smallest absolute Gasteiger partial charge is 0.272 e. The van der Waals surface area contributed by atoms with Gasteiger partial charge in [0.1, 0.15) is 10.5 Å². The van der Waals surface area contributed by atoms with Gasteiger partial charge in [0, 0.05) is 25.1 Å². The number of nitrogens with zero attached hydrogens (tertiary/aromatic N) is 4. The fraction of sp³-hybridized carbons (Fsp3) is 0.364. The van der Waals surface area contributed by atoms with Crippen molar-refractivity contribution in [3.63, 3.8) is 0 Å². The van der Waals surface area contributed by atoms with Crippen LogP contribution in [-0.2, 0) is 17.8 Å². The first-order valence-electron chi connectivity index (χ1n) is 10.2. The lowest BCUT2D eigenvalue weighted by atomic mass is 10.0. The van der Waals surface area contributed by atoms with E-state index in [4.69, 9.17) is 0 Å². The van der Waals surface area contributed by atoms with Crippen LogP contribution in [0.1, 0.15) is 50.9 Å². The van der Waals surface area contributed by atoms with Crippen LogP contribution in [0.25, 0.3) is 16.0 Å². The van der Waals surface area contributed by atoms with E-state index in [2.05, 4.69) is 29.4 Å². The van der Waals surface area contributed by atoms with Gasteiger partial charge in [0.25, 0.3) is 5.56 Å². The molecule has 0 bridgehead atoms. The summed E-state index contributed by atoms with van der Waals surface area (Å²) in [7, 11) is 0. The van der Waals surface area contributed by atoms with Gasteiger partial charge in [0.05, 0.1) is 5.52 Å². The van der Waals surface area contributed by atoms with Gasteiger partial charge in [-0.25, -0.2) is 0 Å². The molecule has 1 N–H and O–H groups in total. The number of nitrogens with one attached hydrogen (secondary N) is 1. The molecular formula is C22H25N5O2S. The Morgan fingerprint density at radius 2 is 1.93 bits per heavy atom. The van der Waals surface area contributed by atoms with E-state index < -0.39 is 0 Å². The van der Waals surface area contributed by atoms with Crippen molar-refractivity contribution in [2.45, 2.75) is 52.5 Å². The van der Waals surface area contributed by atoms with Crippen molar-refractivity contribution in [2.75, 3.05) is 5.32 Å². The average Bonchev–Trinajstić information content (AvgIpc) is 3.37. The number of thiophene rings is 1. The van der Waals surface area contributed by atoms with Gasteiger partial charge in [0.15, 0.2) is 0 Å². The van der Waals surface area contributed by atoms with Crippen LogP contribution >= 0.6 is 11.3 Å². The minimum Gasteiger partial charge on any atom is -0.326 e. The van der Waals surface area contributed by atoms with Crippen molar-refractivity contribution in [1.82, 2.24) is 19.2 Å². The molecule has 8 heteroatoms. The molecule has 1 aromatic carbocycles. The maximum Gasteiger partial charge on any atom is 0.272 e. The fourth-order valence-electron chi connectivity index (χ4n) is 3.57. The van der Waals surface area contributed by atoms with E-state index >= 15 is 0 Å². The van der Waals surface area contributed by atoms with Gasteiger partial charge in [-0.2, -0.15) is 0 Å². The minimum atomic E-state index is -0.0764. The summed E-state index contributed by atoms with van der Waals surface area (Å²) in [6.45, 7) is 6.89. The molecule has 0 atom stereocenters. The highest BCUT2D eigenvalue weighted by molar-refractivity contribution is 7.17. The monoisotopic (exact) mass is 423 g/mol. The van der Waals surface area contributed by atoms with Crippen molar-refractivity contribution in [2.24, 2.45) is 0 Å². The highest BCUT2D eigenvalue weighted by atomic mass is 32.1. The van der Waals surface area contributed by atoms with Gasteiger partial charge in [-0.15, -0.1) is 21.5 Å². The molecule has 0 radical (unpaired) electrons. The SMILES string of the molecule is CCCn1c(=O)c2sccc2n2c(CCC(=O)Nc3ccc(C(C)C)cc3)nnc12. The van der Waals surface area contributed by atoms with E-state index in [1.807, 2.05) is 47.0 Å². The van der Waals surface area contributed by atoms with E-state index in [0.29, 0.717) is 35.2 Å². The first-order valence-corrected chi connectivity index (χ1v) is 11.1. The van der Waals surface area contributed by atoms with Crippen LogP contribution in [0.2, 0.25) is 0 Å². The van der Waals surface area contributed by atoms with Gasteiger partial charge >= 0.3 is 0 Å². The summed E-state index contributed by atoms with van der Waals surface area (Å²) in [6, 6.07) is 9.84. The zero-order chi connectivity index (χ0) is 21.3. The second-order valence-electron chi connectivity index (χ2n) is 7.67. The Balaban J connectivity index is 1.56. The summed E-state index contributed by atoms with van der Waals surface area (Å²) in [4.78, 5) is 25.2. The summed E-state index contributed by atoms with van der Waals surface area (Å²) in [5.74, 6) is 1.60. The molecule has 3 heterocycles. The molecule has 1 amide bonds. The molecule has 30 heavy (non-hydrogen) atoms. The number of carbonyl (C=O) groups is 1. The Kier molecular flexibility index (Phi) is 5.67. The average molecular weight is 424 g/mol.